The highest BCUT2D eigenvalue weighted by molar-refractivity contribution is 8.01. The number of aromatic nitrogens is 3. The van der Waals surface area contributed by atoms with Gasteiger partial charge in [0.25, 0.3) is 0 Å². The van der Waals surface area contributed by atoms with Crippen molar-refractivity contribution in [3.05, 3.63) is 58.9 Å². The van der Waals surface area contributed by atoms with Crippen molar-refractivity contribution in [2.24, 2.45) is 0 Å². The fraction of sp³-hybridized carbons (Fsp3) is 0.0588. The number of benzene rings is 1. The van der Waals surface area contributed by atoms with Gasteiger partial charge in [-0.1, -0.05) is 47.4 Å². The van der Waals surface area contributed by atoms with Gasteiger partial charge in [-0.25, -0.2) is 0 Å². The van der Waals surface area contributed by atoms with E-state index in [0.717, 1.165) is 25.0 Å². The van der Waals surface area contributed by atoms with Crippen molar-refractivity contribution in [1.82, 2.24) is 15.2 Å². The number of nitrogens with one attached hydrogen (secondary N) is 1. The molecule has 4 aromatic rings. The molecule has 0 saturated carbocycles. The number of para-hydroxylation sites is 1. The molecule has 1 N–H and O–H groups in total. The van der Waals surface area contributed by atoms with E-state index >= 15 is 0 Å². The van der Waals surface area contributed by atoms with E-state index in [1.165, 1.54) is 23.1 Å². The van der Waals surface area contributed by atoms with Crippen molar-refractivity contribution >= 4 is 56.4 Å². The maximum Gasteiger partial charge on any atom is 0.231 e. The molecule has 5 nitrogen and oxygen atoms in total. The summed E-state index contributed by atoms with van der Waals surface area (Å²) in [7, 11) is 0. The third kappa shape index (κ3) is 3.87. The number of nitrogens with zero attached hydrogens (tertiary/aromatic N) is 3. The number of hydrogen-bond donors (Lipinski definition) is 1. The van der Waals surface area contributed by atoms with Crippen molar-refractivity contribution in [2.75, 3.05) is 5.32 Å². The zero-order valence-corrected chi connectivity index (χ0v) is 15.3. The van der Waals surface area contributed by atoms with E-state index in [1.807, 2.05) is 47.8 Å². The quantitative estimate of drug-likeness (QED) is 0.514. The zero-order chi connectivity index (χ0) is 17.1. The first kappa shape index (κ1) is 16.2. The lowest BCUT2D eigenvalue weighted by Crippen LogP contribution is -2.13. The first-order valence-electron chi connectivity index (χ1n) is 7.45. The Kier molecular flexibility index (Phi) is 4.73. The summed E-state index contributed by atoms with van der Waals surface area (Å²) in [5.74, 6) is -0.0792. The summed E-state index contributed by atoms with van der Waals surface area (Å²) in [6, 6.07) is 13.8. The fourth-order valence-corrected chi connectivity index (χ4v) is 4.84. The molecule has 1 aromatic carbocycles. The molecule has 4 rings (SSSR count). The number of hydrogen-bond acceptors (Lipinski definition) is 7. The molecule has 0 fully saturated rings. The van der Waals surface area contributed by atoms with Crippen LogP contribution in [0.1, 0.15) is 4.88 Å². The Morgan fingerprint density at radius 3 is 2.92 bits per heavy atom. The third-order valence-electron chi connectivity index (χ3n) is 3.37. The monoisotopic (exact) mass is 384 g/mol. The SMILES string of the molecule is O=C(Cc1cccs1)Nc1nnc(Sc2ccnc3ccccc23)s1. The van der Waals surface area contributed by atoms with Crippen LogP contribution < -0.4 is 5.32 Å². The molecule has 3 heterocycles. The van der Waals surface area contributed by atoms with Crippen molar-refractivity contribution in [3.63, 3.8) is 0 Å². The van der Waals surface area contributed by atoms with Crippen LogP contribution >= 0.6 is 34.4 Å². The summed E-state index contributed by atoms with van der Waals surface area (Å²) in [4.78, 5) is 18.5. The van der Waals surface area contributed by atoms with Crippen LogP contribution in [0, 0.1) is 0 Å². The van der Waals surface area contributed by atoms with Gasteiger partial charge in [-0.05, 0) is 23.6 Å². The van der Waals surface area contributed by atoms with E-state index in [9.17, 15) is 4.79 Å². The van der Waals surface area contributed by atoms with Crippen LogP contribution in [0.15, 0.2) is 63.3 Å². The van der Waals surface area contributed by atoms with E-state index in [-0.39, 0.29) is 5.91 Å². The Hall–Kier alpha value is -2.29. The molecule has 0 bridgehead atoms. The predicted octanol–water partition coefficient (Wildman–Crippen LogP) is 4.48. The normalized spacial score (nSPS) is 10.9. The Labute approximate surface area is 156 Å². The standard InChI is InChI=1S/C17H12N4OS3/c22-15(10-11-4-3-9-23-11)19-16-20-21-17(25-16)24-14-7-8-18-13-6-2-1-5-12(13)14/h1-9H,10H2,(H,19,20,22). The Balaban J connectivity index is 1.47. The molecule has 1 amide bonds. The highest BCUT2D eigenvalue weighted by Crippen LogP contribution is 2.35. The highest BCUT2D eigenvalue weighted by atomic mass is 32.2. The average molecular weight is 385 g/mol. The Morgan fingerprint density at radius 1 is 1.12 bits per heavy atom. The van der Waals surface area contributed by atoms with Crippen LogP contribution in [0.2, 0.25) is 0 Å². The second kappa shape index (κ2) is 7.30. The van der Waals surface area contributed by atoms with Crippen molar-refractivity contribution in [2.45, 2.75) is 15.7 Å². The highest BCUT2D eigenvalue weighted by Gasteiger charge is 2.11. The molecule has 0 radical (unpaired) electrons. The molecule has 25 heavy (non-hydrogen) atoms. The van der Waals surface area contributed by atoms with E-state index in [1.54, 1.807) is 17.5 Å². The van der Waals surface area contributed by atoms with E-state index in [2.05, 4.69) is 20.5 Å². The predicted molar refractivity (Wildman–Crippen MR) is 102 cm³/mol. The van der Waals surface area contributed by atoms with Crippen molar-refractivity contribution in [1.29, 1.82) is 0 Å². The minimum Gasteiger partial charge on any atom is -0.300 e. The number of pyridine rings is 1. The molecule has 124 valence electrons. The molecule has 0 aliphatic heterocycles. The van der Waals surface area contributed by atoms with Crippen LogP contribution in [-0.2, 0) is 11.2 Å². The van der Waals surface area contributed by atoms with Gasteiger partial charge in [0.15, 0.2) is 4.34 Å². The van der Waals surface area contributed by atoms with Gasteiger partial charge >= 0.3 is 0 Å². The summed E-state index contributed by atoms with van der Waals surface area (Å²) < 4.78 is 0.780. The Morgan fingerprint density at radius 2 is 2.04 bits per heavy atom. The molecular weight excluding hydrogens is 372 g/mol. The van der Waals surface area contributed by atoms with Crippen LogP contribution in [0.25, 0.3) is 10.9 Å². The van der Waals surface area contributed by atoms with E-state index in [0.29, 0.717) is 11.6 Å². The lowest BCUT2D eigenvalue weighted by molar-refractivity contribution is -0.115. The van der Waals surface area contributed by atoms with Crippen LogP contribution in [0.5, 0.6) is 0 Å². The number of thiophene rings is 1. The van der Waals surface area contributed by atoms with Crippen molar-refractivity contribution in [3.8, 4) is 0 Å². The van der Waals surface area contributed by atoms with Crippen LogP contribution in [0.3, 0.4) is 0 Å². The molecule has 0 spiro atoms. The van der Waals surface area contributed by atoms with Crippen LogP contribution in [-0.4, -0.2) is 21.1 Å². The Bertz CT molecular complexity index is 1010. The fourth-order valence-electron chi connectivity index (χ4n) is 2.29. The lowest BCUT2D eigenvalue weighted by Gasteiger charge is -2.02. The largest absolute Gasteiger partial charge is 0.300 e. The maximum absolute atomic E-state index is 12.0. The topological polar surface area (TPSA) is 67.8 Å². The molecule has 0 saturated heterocycles. The van der Waals surface area contributed by atoms with Crippen molar-refractivity contribution < 1.29 is 4.79 Å². The van der Waals surface area contributed by atoms with Gasteiger partial charge in [-0.3, -0.25) is 9.78 Å². The lowest BCUT2D eigenvalue weighted by atomic mass is 10.2. The minimum absolute atomic E-state index is 0.0792. The van der Waals surface area contributed by atoms with Gasteiger partial charge in [-0.15, -0.1) is 21.5 Å². The van der Waals surface area contributed by atoms with Gasteiger partial charge in [0.2, 0.25) is 11.0 Å². The summed E-state index contributed by atoms with van der Waals surface area (Å²) in [5.41, 5.74) is 0.946. The molecule has 0 aliphatic carbocycles. The summed E-state index contributed by atoms with van der Waals surface area (Å²) in [6.07, 6.45) is 2.14. The molecule has 0 aliphatic rings. The van der Waals surface area contributed by atoms with Gasteiger partial charge in [0, 0.05) is 21.4 Å². The number of rotatable bonds is 5. The van der Waals surface area contributed by atoms with Gasteiger partial charge in [-0.2, -0.15) is 0 Å². The zero-order valence-electron chi connectivity index (χ0n) is 12.9. The smallest absolute Gasteiger partial charge is 0.231 e. The minimum atomic E-state index is -0.0792. The molecule has 0 unspecified atom stereocenters. The summed E-state index contributed by atoms with van der Waals surface area (Å²) in [5, 5.41) is 14.6. The van der Waals surface area contributed by atoms with Gasteiger partial charge < -0.3 is 5.32 Å². The van der Waals surface area contributed by atoms with E-state index in [4.69, 9.17) is 0 Å². The summed E-state index contributed by atoms with van der Waals surface area (Å²) in [6.45, 7) is 0. The van der Waals surface area contributed by atoms with Gasteiger partial charge in [0.1, 0.15) is 0 Å². The second-order valence-corrected chi connectivity index (χ2v) is 8.40. The number of amides is 1. The average Bonchev–Trinajstić information content (AvgIpc) is 3.27. The van der Waals surface area contributed by atoms with Crippen LogP contribution in [0.4, 0.5) is 5.13 Å². The number of anilines is 1. The number of carbonyl (C=O) groups excluding carboxylic acids is 1. The molecule has 3 aromatic heterocycles. The first-order valence-corrected chi connectivity index (χ1v) is 9.96. The second-order valence-electron chi connectivity index (χ2n) is 5.11. The maximum atomic E-state index is 12.0. The van der Waals surface area contributed by atoms with Gasteiger partial charge in [0.05, 0.1) is 11.9 Å². The number of carbonyl (C=O) groups is 1. The van der Waals surface area contributed by atoms with E-state index < -0.39 is 0 Å². The summed E-state index contributed by atoms with van der Waals surface area (Å²) >= 11 is 4.46. The number of fused-ring (bicyclic) bond motifs is 1. The first-order chi connectivity index (χ1) is 12.3. The molecular formula is C17H12N4OS3. The third-order valence-corrected chi connectivity index (χ3v) is 6.22. The molecule has 8 heteroatoms. The molecule has 0 atom stereocenters.